The summed E-state index contributed by atoms with van der Waals surface area (Å²) >= 11 is 0. The second-order valence-electron chi connectivity index (χ2n) is 6.51. The Hall–Kier alpha value is -2.89. The first kappa shape index (κ1) is 17.9. The molecule has 1 fully saturated rings. The molecule has 0 unspecified atom stereocenters. The molecule has 0 aliphatic carbocycles. The van der Waals surface area contributed by atoms with E-state index in [1.165, 1.54) is 6.92 Å². The highest BCUT2D eigenvalue weighted by molar-refractivity contribution is 5.94. The van der Waals surface area contributed by atoms with Gasteiger partial charge < -0.3 is 19.2 Å². The monoisotopic (exact) mass is 353 g/mol. The fraction of sp³-hybridized carbons (Fsp3) is 0.350. The third-order valence-electron chi connectivity index (χ3n) is 4.63. The molecule has 2 amide bonds. The molecule has 6 heteroatoms. The molecule has 1 aromatic carbocycles. The van der Waals surface area contributed by atoms with Crippen molar-refractivity contribution in [1.29, 1.82) is 0 Å². The van der Waals surface area contributed by atoms with Crippen LogP contribution >= 0.6 is 0 Å². The predicted molar refractivity (Wildman–Crippen MR) is 98.2 cm³/mol. The third kappa shape index (κ3) is 4.20. The first-order valence-electron chi connectivity index (χ1n) is 8.84. The Labute approximate surface area is 153 Å². The van der Waals surface area contributed by atoms with E-state index >= 15 is 0 Å². The van der Waals surface area contributed by atoms with E-state index in [9.17, 15) is 14.4 Å². The maximum Gasteiger partial charge on any atom is 0.253 e. The zero-order chi connectivity index (χ0) is 18.5. The number of piperazine rings is 1. The van der Waals surface area contributed by atoms with Gasteiger partial charge in [-0.25, -0.2) is 0 Å². The van der Waals surface area contributed by atoms with Crippen molar-refractivity contribution in [3.8, 4) is 5.69 Å². The number of nitrogens with zero attached hydrogens (tertiary/aromatic N) is 3. The average molecular weight is 353 g/mol. The van der Waals surface area contributed by atoms with Crippen molar-refractivity contribution < 1.29 is 14.4 Å². The SMILES string of the molecule is CC(=O)CCC(=O)N1CCN(C(=O)c2ccc(-n3cccc3)cc2)CC1. The second-order valence-corrected chi connectivity index (χ2v) is 6.51. The molecule has 0 spiro atoms. The molecular formula is C20H23N3O3. The summed E-state index contributed by atoms with van der Waals surface area (Å²) in [6.07, 6.45) is 4.45. The van der Waals surface area contributed by atoms with Crippen LogP contribution in [0.15, 0.2) is 48.8 Å². The fourth-order valence-corrected chi connectivity index (χ4v) is 3.07. The molecule has 1 aliphatic heterocycles. The summed E-state index contributed by atoms with van der Waals surface area (Å²) in [5.41, 5.74) is 1.66. The van der Waals surface area contributed by atoms with Gasteiger partial charge >= 0.3 is 0 Å². The van der Waals surface area contributed by atoms with Crippen LogP contribution < -0.4 is 0 Å². The molecule has 136 valence electrons. The summed E-state index contributed by atoms with van der Waals surface area (Å²) in [7, 11) is 0. The van der Waals surface area contributed by atoms with Gasteiger partial charge in [0.15, 0.2) is 0 Å². The molecule has 0 bridgehead atoms. The standard InChI is InChI=1S/C20H23N3O3/c1-16(24)4-9-19(25)22-12-14-23(15-13-22)20(26)17-5-7-18(8-6-17)21-10-2-3-11-21/h2-3,5-8,10-11H,4,9,12-15H2,1H3. The number of Topliss-reactive ketones (excluding diaryl/α,β-unsaturated/α-hetero) is 1. The summed E-state index contributed by atoms with van der Waals surface area (Å²) in [6, 6.07) is 11.4. The molecule has 0 N–H and O–H groups in total. The number of benzene rings is 1. The maximum absolute atomic E-state index is 12.7. The van der Waals surface area contributed by atoms with Crippen molar-refractivity contribution in [3.63, 3.8) is 0 Å². The average Bonchev–Trinajstić information content (AvgIpc) is 3.20. The van der Waals surface area contributed by atoms with Crippen LogP contribution in [0.5, 0.6) is 0 Å². The molecule has 1 saturated heterocycles. The topological polar surface area (TPSA) is 62.6 Å². The van der Waals surface area contributed by atoms with Gasteiger partial charge in [0.1, 0.15) is 5.78 Å². The number of carbonyl (C=O) groups is 3. The van der Waals surface area contributed by atoms with E-state index in [4.69, 9.17) is 0 Å². The third-order valence-corrected chi connectivity index (χ3v) is 4.63. The Morgan fingerprint density at radius 2 is 1.42 bits per heavy atom. The Morgan fingerprint density at radius 3 is 2.00 bits per heavy atom. The second kappa shape index (κ2) is 7.99. The van der Waals surface area contributed by atoms with E-state index < -0.39 is 0 Å². The highest BCUT2D eigenvalue weighted by Crippen LogP contribution is 2.14. The van der Waals surface area contributed by atoms with Crippen LogP contribution in [0.1, 0.15) is 30.1 Å². The van der Waals surface area contributed by atoms with Crippen LogP contribution in [-0.4, -0.2) is 58.1 Å². The van der Waals surface area contributed by atoms with Crippen molar-refractivity contribution >= 4 is 17.6 Å². The molecular weight excluding hydrogens is 330 g/mol. The molecule has 2 aromatic rings. The van der Waals surface area contributed by atoms with Gasteiger partial charge in [0, 0.05) is 62.7 Å². The van der Waals surface area contributed by atoms with Gasteiger partial charge in [-0.05, 0) is 43.3 Å². The summed E-state index contributed by atoms with van der Waals surface area (Å²) in [5, 5.41) is 0. The number of hydrogen-bond donors (Lipinski definition) is 0. The van der Waals surface area contributed by atoms with E-state index in [1.807, 2.05) is 53.4 Å². The van der Waals surface area contributed by atoms with Crippen molar-refractivity contribution in [2.45, 2.75) is 19.8 Å². The fourth-order valence-electron chi connectivity index (χ4n) is 3.07. The molecule has 0 radical (unpaired) electrons. The van der Waals surface area contributed by atoms with Crippen molar-refractivity contribution in [2.24, 2.45) is 0 Å². The Balaban J connectivity index is 1.55. The number of rotatable bonds is 5. The van der Waals surface area contributed by atoms with Crippen LogP contribution in [0.4, 0.5) is 0 Å². The van der Waals surface area contributed by atoms with Crippen LogP contribution in [0.2, 0.25) is 0 Å². The van der Waals surface area contributed by atoms with E-state index in [1.54, 1.807) is 9.80 Å². The van der Waals surface area contributed by atoms with Crippen molar-refractivity contribution in [1.82, 2.24) is 14.4 Å². The Morgan fingerprint density at radius 1 is 0.846 bits per heavy atom. The summed E-state index contributed by atoms with van der Waals surface area (Å²) in [4.78, 5) is 39.2. The van der Waals surface area contributed by atoms with Gasteiger partial charge in [0.25, 0.3) is 5.91 Å². The number of ketones is 1. The Bertz CT molecular complexity index is 773. The molecule has 0 atom stereocenters. The lowest BCUT2D eigenvalue weighted by atomic mass is 10.1. The number of hydrogen-bond acceptors (Lipinski definition) is 3. The maximum atomic E-state index is 12.7. The quantitative estimate of drug-likeness (QED) is 0.827. The van der Waals surface area contributed by atoms with Gasteiger partial charge in [-0.3, -0.25) is 9.59 Å². The van der Waals surface area contributed by atoms with Gasteiger partial charge in [0.05, 0.1) is 0 Å². The highest BCUT2D eigenvalue weighted by Gasteiger charge is 2.24. The summed E-state index contributed by atoms with van der Waals surface area (Å²) in [6.45, 7) is 3.56. The molecule has 26 heavy (non-hydrogen) atoms. The minimum atomic E-state index is -0.0140. The molecule has 0 saturated carbocycles. The minimum absolute atomic E-state index is 0.0108. The molecule has 1 aliphatic rings. The highest BCUT2D eigenvalue weighted by atomic mass is 16.2. The molecule has 1 aromatic heterocycles. The molecule has 2 heterocycles. The summed E-state index contributed by atoms with van der Waals surface area (Å²) < 4.78 is 1.99. The lowest BCUT2D eigenvalue weighted by molar-refractivity contribution is -0.134. The van der Waals surface area contributed by atoms with E-state index in [0.29, 0.717) is 31.7 Å². The van der Waals surface area contributed by atoms with Gasteiger partial charge in [-0.15, -0.1) is 0 Å². The lowest BCUT2D eigenvalue weighted by Gasteiger charge is -2.35. The summed E-state index contributed by atoms with van der Waals surface area (Å²) in [5.74, 6) is -0.00112. The van der Waals surface area contributed by atoms with Gasteiger partial charge in [0.2, 0.25) is 5.91 Å². The minimum Gasteiger partial charge on any atom is -0.339 e. The first-order chi connectivity index (χ1) is 12.5. The van der Waals surface area contributed by atoms with E-state index in [2.05, 4.69) is 0 Å². The van der Waals surface area contributed by atoms with E-state index in [-0.39, 0.29) is 30.4 Å². The van der Waals surface area contributed by atoms with Crippen LogP contribution in [-0.2, 0) is 9.59 Å². The largest absolute Gasteiger partial charge is 0.339 e. The van der Waals surface area contributed by atoms with Crippen molar-refractivity contribution in [2.75, 3.05) is 26.2 Å². The van der Waals surface area contributed by atoms with Crippen molar-refractivity contribution in [3.05, 3.63) is 54.4 Å². The predicted octanol–water partition coefficient (Wildman–Crippen LogP) is 2.13. The van der Waals surface area contributed by atoms with E-state index in [0.717, 1.165) is 5.69 Å². The molecule has 6 nitrogen and oxygen atoms in total. The first-order valence-corrected chi connectivity index (χ1v) is 8.84. The number of aromatic nitrogens is 1. The van der Waals surface area contributed by atoms with Gasteiger partial charge in [-0.1, -0.05) is 0 Å². The zero-order valence-corrected chi connectivity index (χ0v) is 14.9. The smallest absolute Gasteiger partial charge is 0.253 e. The number of carbonyl (C=O) groups excluding carboxylic acids is 3. The van der Waals surface area contributed by atoms with Gasteiger partial charge in [-0.2, -0.15) is 0 Å². The Kier molecular flexibility index (Phi) is 5.51. The molecule has 3 rings (SSSR count). The lowest BCUT2D eigenvalue weighted by Crippen LogP contribution is -2.50. The van der Waals surface area contributed by atoms with Crippen LogP contribution in [0.25, 0.3) is 5.69 Å². The number of amides is 2. The normalized spacial score (nSPS) is 14.3. The van der Waals surface area contributed by atoms with Crippen LogP contribution in [0.3, 0.4) is 0 Å². The van der Waals surface area contributed by atoms with Crippen LogP contribution in [0, 0.1) is 0 Å². The zero-order valence-electron chi connectivity index (χ0n) is 14.9.